The zero-order chi connectivity index (χ0) is 39.7. The van der Waals surface area contributed by atoms with E-state index in [4.69, 9.17) is 15.2 Å². The minimum Gasteiger partial charge on any atom is -0.444 e. The minimum absolute atomic E-state index is 0.0157. The second kappa shape index (κ2) is 18.8. The fourth-order valence-corrected chi connectivity index (χ4v) is 6.50. The van der Waals surface area contributed by atoms with Crippen LogP contribution in [-0.4, -0.2) is 79.4 Å². The number of rotatable bonds is 18. The Kier molecular flexibility index (Phi) is 14.5. The lowest BCUT2D eigenvalue weighted by Crippen LogP contribution is -2.44. The van der Waals surface area contributed by atoms with Crippen molar-refractivity contribution in [2.75, 3.05) is 23.8 Å². The molecule has 3 heterocycles. The van der Waals surface area contributed by atoms with Crippen LogP contribution < -0.4 is 32.9 Å². The number of benzene rings is 1. The highest BCUT2D eigenvalue weighted by molar-refractivity contribution is 5.97. The molecule has 0 aliphatic carbocycles. The summed E-state index contributed by atoms with van der Waals surface area (Å²) in [4.78, 5) is 80.1. The minimum atomic E-state index is -1.20. The first-order valence-electron chi connectivity index (χ1n) is 18.0. The maximum absolute atomic E-state index is 13.5. The first-order valence-corrected chi connectivity index (χ1v) is 18.0. The fraction of sp³-hybridized carbons (Fsp3) is 0.514. The van der Waals surface area contributed by atoms with Crippen LogP contribution in [0.3, 0.4) is 0 Å². The van der Waals surface area contributed by atoms with E-state index in [1.54, 1.807) is 31.2 Å². The van der Waals surface area contributed by atoms with Crippen LogP contribution in [0.4, 0.5) is 16.3 Å². The van der Waals surface area contributed by atoms with Crippen LogP contribution in [0.5, 0.6) is 0 Å². The van der Waals surface area contributed by atoms with Gasteiger partial charge in [0.25, 0.3) is 5.56 Å². The first kappa shape index (κ1) is 41.7. The third-order valence-corrected chi connectivity index (χ3v) is 9.46. The van der Waals surface area contributed by atoms with Gasteiger partial charge in [0, 0.05) is 43.5 Å². The summed E-state index contributed by atoms with van der Waals surface area (Å²) in [5, 5.41) is 28.5. The Morgan fingerprint density at radius 1 is 1.13 bits per heavy atom. The number of unbranched alkanes of at least 4 members (excludes halogenated alkanes) is 1. The number of aromatic amines is 1. The number of Topliss-reactive ketones (excluding diaryl/α,β-unsaturated/α-hetero) is 1. The summed E-state index contributed by atoms with van der Waals surface area (Å²) in [5.41, 5.74) is 5.38. The number of carbonyl (C=O) groups excluding carboxylic acids is 4. The lowest BCUT2D eigenvalue weighted by Gasteiger charge is -2.23. The fourth-order valence-electron chi connectivity index (χ4n) is 6.50. The van der Waals surface area contributed by atoms with E-state index in [1.165, 1.54) is 23.6 Å². The van der Waals surface area contributed by atoms with Crippen LogP contribution in [-0.2, 0) is 37.0 Å². The van der Waals surface area contributed by atoms with E-state index >= 15 is 0 Å². The molecule has 0 spiro atoms. The molecule has 0 saturated carbocycles. The number of nitrogens with one attached hydrogen (secondary N) is 4. The summed E-state index contributed by atoms with van der Waals surface area (Å²) in [6, 6.07) is 7.19. The van der Waals surface area contributed by atoms with Crippen molar-refractivity contribution in [1.82, 2.24) is 19.4 Å². The van der Waals surface area contributed by atoms with Crippen LogP contribution in [0.2, 0.25) is 0 Å². The van der Waals surface area contributed by atoms with Crippen molar-refractivity contribution in [2.45, 2.75) is 91.0 Å². The highest BCUT2D eigenvalue weighted by Crippen LogP contribution is 2.34. The largest absolute Gasteiger partial charge is 0.444 e. The molecule has 2 aromatic heterocycles. The summed E-state index contributed by atoms with van der Waals surface area (Å²) in [7, 11) is 0. The number of allylic oxidation sites excluding steroid dienone is 1. The van der Waals surface area contributed by atoms with E-state index < -0.39 is 53.7 Å². The normalized spacial score (nSPS) is 19.3. The van der Waals surface area contributed by atoms with Gasteiger partial charge in [0.2, 0.25) is 11.8 Å². The number of ketones is 1. The molecule has 6 atom stereocenters. The van der Waals surface area contributed by atoms with E-state index in [0.29, 0.717) is 37.1 Å². The SMILES string of the molecule is C=CCn1c(=O)n([C@@H]2O[C@H](CO)[C@@H](C)[C@H]2O)c2cc(NC(=O)OCc3ccc(NC(=O)[C@H](CCCCN)CC(=O)[C@@H](NC(C)=O)C(C)C)cc3)[nH]c(=O)c21. The van der Waals surface area contributed by atoms with E-state index in [9.17, 15) is 39.0 Å². The van der Waals surface area contributed by atoms with Crippen molar-refractivity contribution in [1.29, 1.82) is 0 Å². The number of fused-ring (bicyclic) bond motifs is 1. The van der Waals surface area contributed by atoms with Gasteiger partial charge in [0.05, 0.1) is 24.3 Å². The Morgan fingerprint density at radius 2 is 1.83 bits per heavy atom. The van der Waals surface area contributed by atoms with Gasteiger partial charge < -0.3 is 41.0 Å². The standard InChI is InChI=1S/C37H51N7O10/c1-6-15-43-31-26(44(37(43)52)35-32(48)21(4)28(18-45)54-35)17-29(41-34(31)50)42-36(51)53-19-23-10-12-25(13-11-23)40-33(49)24(9-7-8-14-38)16-27(47)30(20(2)3)39-22(5)46/h6,10-13,17,20-21,24,28,30,32,35,45,48H,1,7-9,14-16,18-19,38H2,2-5H3,(H,39,46)(H,40,49)(H2,41,42,50,51)/t21-,24-,28-,30+,32-,35-/m1/s1. The van der Waals surface area contributed by atoms with Crippen molar-refractivity contribution >= 4 is 46.2 Å². The predicted molar refractivity (Wildman–Crippen MR) is 201 cm³/mol. The number of H-pyrrole nitrogens is 1. The highest BCUT2D eigenvalue weighted by atomic mass is 16.6. The highest BCUT2D eigenvalue weighted by Gasteiger charge is 2.43. The zero-order valence-corrected chi connectivity index (χ0v) is 31.0. The number of ether oxygens (including phenoxy) is 2. The number of aliphatic hydroxyl groups is 2. The molecule has 294 valence electrons. The molecule has 1 aromatic carbocycles. The third kappa shape index (κ3) is 9.90. The molecule has 0 bridgehead atoms. The summed E-state index contributed by atoms with van der Waals surface area (Å²) in [5.74, 6) is -2.28. The van der Waals surface area contributed by atoms with Gasteiger partial charge >= 0.3 is 11.8 Å². The number of nitrogens with two attached hydrogens (primary N) is 1. The van der Waals surface area contributed by atoms with Crippen LogP contribution >= 0.6 is 0 Å². The number of amides is 3. The number of carbonyl (C=O) groups is 4. The van der Waals surface area contributed by atoms with Gasteiger partial charge in [-0.25, -0.2) is 9.59 Å². The molecule has 0 unspecified atom stereocenters. The van der Waals surface area contributed by atoms with Crippen LogP contribution in [0, 0.1) is 17.8 Å². The molecule has 1 aliphatic rings. The van der Waals surface area contributed by atoms with Crippen LogP contribution in [0.25, 0.3) is 11.0 Å². The summed E-state index contributed by atoms with van der Waals surface area (Å²) in [6.07, 6.45) is -0.862. The Morgan fingerprint density at radius 3 is 2.43 bits per heavy atom. The second-order valence-electron chi connectivity index (χ2n) is 13.9. The molecule has 1 saturated heterocycles. The molecule has 4 rings (SSSR count). The van der Waals surface area contributed by atoms with Crippen molar-refractivity contribution in [3.05, 3.63) is 69.4 Å². The number of pyridine rings is 1. The molecule has 17 heteroatoms. The first-order chi connectivity index (χ1) is 25.7. The lowest BCUT2D eigenvalue weighted by molar-refractivity contribution is -0.130. The number of aliphatic hydroxyl groups excluding tert-OH is 2. The van der Waals surface area contributed by atoms with Crippen LogP contribution in [0.1, 0.15) is 65.2 Å². The number of hydrogen-bond donors (Lipinski definition) is 7. The van der Waals surface area contributed by atoms with Gasteiger partial charge in [-0.05, 0) is 43.0 Å². The Hall–Kier alpha value is -5.10. The molecular formula is C37H51N7O10. The summed E-state index contributed by atoms with van der Waals surface area (Å²) >= 11 is 0. The van der Waals surface area contributed by atoms with Crippen LogP contribution in [0.15, 0.2) is 52.6 Å². The maximum Gasteiger partial charge on any atom is 0.413 e. The van der Waals surface area contributed by atoms with Crippen molar-refractivity contribution in [3.8, 4) is 0 Å². The number of imidazole rings is 1. The monoisotopic (exact) mass is 753 g/mol. The Labute approximate surface area is 311 Å². The molecular weight excluding hydrogens is 702 g/mol. The van der Waals surface area contributed by atoms with E-state index in [2.05, 4.69) is 27.5 Å². The van der Waals surface area contributed by atoms with E-state index in [1.807, 2.05) is 13.8 Å². The molecule has 1 aliphatic heterocycles. The second-order valence-corrected chi connectivity index (χ2v) is 13.9. The van der Waals surface area contributed by atoms with Gasteiger partial charge in [0.1, 0.15) is 24.0 Å². The molecule has 17 nitrogen and oxygen atoms in total. The molecule has 3 amide bonds. The molecule has 1 fully saturated rings. The van der Waals surface area contributed by atoms with Crippen molar-refractivity contribution in [2.24, 2.45) is 23.5 Å². The number of nitrogens with zero attached hydrogens (tertiary/aromatic N) is 2. The number of aromatic nitrogens is 3. The van der Waals surface area contributed by atoms with Gasteiger partial charge in [0.15, 0.2) is 12.0 Å². The van der Waals surface area contributed by atoms with Gasteiger partial charge in [-0.1, -0.05) is 45.4 Å². The molecule has 3 aromatic rings. The predicted octanol–water partition coefficient (Wildman–Crippen LogP) is 2.12. The number of hydrogen-bond acceptors (Lipinski definition) is 11. The number of anilines is 2. The van der Waals surface area contributed by atoms with Gasteiger partial charge in [-0.15, -0.1) is 6.58 Å². The Balaban J connectivity index is 1.43. The summed E-state index contributed by atoms with van der Waals surface area (Å²) in [6.45, 7) is 10.2. The van der Waals surface area contributed by atoms with E-state index in [-0.39, 0.29) is 66.5 Å². The van der Waals surface area contributed by atoms with Crippen molar-refractivity contribution < 1.29 is 38.9 Å². The smallest absolute Gasteiger partial charge is 0.413 e. The quantitative estimate of drug-likeness (QED) is 0.0732. The third-order valence-electron chi connectivity index (χ3n) is 9.46. The van der Waals surface area contributed by atoms with Gasteiger partial charge in [-0.3, -0.25) is 33.6 Å². The summed E-state index contributed by atoms with van der Waals surface area (Å²) < 4.78 is 13.4. The average molecular weight is 754 g/mol. The molecule has 0 radical (unpaired) electrons. The topological polar surface area (TPSA) is 249 Å². The van der Waals surface area contributed by atoms with E-state index in [0.717, 1.165) is 4.57 Å². The van der Waals surface area contributed by atoms with Gasteiger partial charge in [-0.2, -0.15) is 0 Å². The molecule has 8 N–H and O–H groups in total. The Bertz CT molecular complexity index is 1930. The lowest BCUT2D eigenvalue weighted by atomic mass is 9.89. The average Bonchev–Trinajstić information content (AvgIpc) is 3.56. The maximum atomic E-state index is 13.5. The molecule has 54 heavy (non-hydrogen) atoms. The van der Waals surface area contributed by atoms with Crippen molar-refractivity contribution in [3.63, 3.8) is 0 Å². The zero-order valence-electron chi connectivity index (χ0n) is 31.0.